The first-order valence-corrected chi connectivity index (χ1v) is 7.76. The number of hydrogen-bond donors (Lipinski definition) is 3. The van der Waals surface area contributed by atoms with Crippen LogP contribution in [0.15, 0.2) is 0 Å². The molecule has 2 amide bonds. The van der Waals surface area contributed by atoms with E-state index in [0.29, 0.717) is 6.41 Å². The summed E-state index contributed by atoms with van der Waals surface area (Å²) in [6.45, 7) is 14.0. The standard InChI is InChI=1S/C10H19NO2.C5H12N2O.CH2O/c1-5-6-10(3,4)9(13)11-7-8(2)12;1-2-6-3-4-7-5-8;1-2/h5-7H2,1-4H3,(H,11,13);5-6H,2-4H2,1H3,(H,7,8);1H2. The fraction of sp³-hybridized carbons (Fsp3) is 0.750. The van der Waals surface area contributed by atoms with E-state index >= 15 is 0 Å². The number of carbonyl (C=O) groups excluding carboxylic acids is 4. The van der Waals surface area contributed by atoms with Crippen molar-refractivity contribution < 1.29 is 19.2 Å². The quantitative estimate of drug-likeness (QED) is 0.403. The van der Waals surface area contributed by atoms with Crippen LogP contribution in [-0.4, -0.2) is 51.1 Å². The molecule has 3 N–H and O–H groups in total. The second-order valence-corrected chi connectivity index (χ2v) is 5.44. The Bertz CT molecular complexity index is 320. The Morgan fingerprint density at radius 3 is 2.09 bits per heavy atom. The molecule has 136 valence electrons. The van der Waals surface area contributed by atoms with Crippen LogP contribution < -0.4 is 16.0 Å². The first-order valence-electron chi connectivity index (χ1n) is 7.76. The fourth-order valence-electron chi connectivity index (χ4n) is 1.58. The first kappa shape index (κ1) is 26.2. The van der Waals surface area contributed by atoms with E-state index in [4.69, 9.17) is 4.79 Å². The van der Waals surface area contributed by atoms with Gasteiger partial charge in [-0.05, 0) is 19.9 Å². The number of ketones is 1. The lowest BCUT2D eigenvalue weighted by atomic mass is 9.87. The number of nitrogens with one attached hydrogen (secondary N) is 3. The summed E-state index contributed by atoms with van der Waals surface area (Å²) in [5.74, 6) is -0.0507. The Hall–Kier alpha value is -1.76. The number of rotatable bonds is 10. The van der Waals surface area contributed by atoms with Crippen molar-refractivity contribution in [1.29, 1.82) is 0 Å². The number of hydrogen-bond acceptors (Lipinski definition) is 5. The molecule has 0 radical (unpaired) electrons. The van der Waals surface area contributed by atoms with Gasteiger partial charge in [0.2, 0.25) is 12.3 Å². The zero-order chi connectivity index (χ0) is 18.7. The van der Waals surface area contributed by atoms with Crippen LogP contribution in [-0.2, 0) is 19.2 Å². The van der Waals surface area contributed by atoms with Crippen LogP contribution >= 0.6 is 0 Å². The van der Waals surface area contributed by atoms with Crippen molar-refractivity contribution in [3.63, 3.8) is 0 Å². The minimum absolute atomic E-state index is 0.0133. The normalized spacial score (nSPS) is 9.43. The molecular formula is C16H33N3O4. The van der Waals surface area contributed by atoms with E-state index in [0.717, 1.165) is 32.5 Å². The molecule has 0 aliphatic carbocycles. The summed E-state index contributed by atoms with van der Waals surface area (Å²) < 4.78 is 0. The van der Waals surface area contributed by atoms with Crippen LogP contribution in [0, 0.1) is 5.41 Å². The third-order valence-corrected chi connectivity index (χ3v) is 2.77. The number of Topliss-reactive ketones (excluding diaryl/α,β-unsaturated/α-hetero) is 1. The van der Waals surface area contributed by atoms with Crippen LogP contribution in [0.3, 0.4) is 0 Å². The molecule has 23 heavy (non-hydrogen) atoms. The van der Waals surface area contributed by atoms with Gasteiger partial charge in [0.15, 0.2) is 0 Å². The van der Waals surface area contributed by atoms with Gasteiger partial charge in [0.05, 0.1) is 6.54 Å². The molecule has 0 saturated carbocycles. The van der Waals surface area contributed by atoms with Gasteiger partial charge in [-0.25, -0.2) is 0 Å². The van der Waals surface area contributed by atoms with E-state index in [1.807, 2.05) is 34.5 Å². The van der Waals surface area contributed by atoms with Gasteiger partial charge in [0.25, 0.3) is 0 Å². The lowest BCUT2D eigenvalue weighted by molar-refractivity contribution is -0.131. The first-order chi connectivity index (χ1) is 10.8. The average molecular weight is 331 g/mol. The maximum Gasteiger partial charge on any atom is 0.226 e. The highest BCUT2D eigenvalue weighted by atomic mass is 16.2. The Kier molecular flexibility index (Phi) is 20.8. The van der Waals surface area contributed by atoms with Gasteiger partial charge in [-0.3, -0.25) is 14.4 Å². The van der Waals surface area contributed by atoms with E-state index in [1.54, 1.807) is 0 Å². The highest BCUT2D eigenvalue weighted by Crippen LogP contribution is 2.21. The molecule has 0 bridgehead atoms. The maximum absolute atomic E-state index is 11.5. The van der Waals surface area contributed by atoms with Crippen LogP contribution in [0.1, 0.15) is 47.5 Å². The average Bonchev–Trinajstić information content (AvgIpc) is 2.51. The van der Waals surface area contributed by atoms with Gasteiger partial charge in [-0.15, -0.1) is 0 Å². The van der Waals surface area contributed by atoms with Crippen molar-refractivity contribution in [2.45, 2.75) is 47.5 Å². The van der Waals surface area contributed by atoms with E-state index in [9.17, 15) is 14.4 Å². The molecule has 0 unspecified atom stereocenters. The molecule has 0 aliphatic heterocycles. The van der Waals surface area contributed by atoms with Crippen molar-refractivity contribution in [1.82, 2.24) is 16.0 Å². The van der Waals surface area contributed by atoms with Gasteiger partial charge in [-0.1, -0.05) is 34.1 Å². The van der Waals surface area contributed by atoms with Gasteiger partial charge < -0.3 is 20.7 Å². The van der Waals surface area contributed by atoms with Crippen molar-refractivity contribution >= 4 is 24.9 Å². The lowest BCUT2D eigenvalue weighted by Gasteiger charge is -2.22. The molecule has 0 heterocycles. The van der Waals surface area contributed by atoms with Crippen LogP contribution in [0.2, 0.25) is 0 Å². The third kappa shape index (κ3) is 20.2. The minimum atomic E-state index is -0.357. The van der Waals surface area contributed by atoms with Crippen LogP contribution in [0.25, 0.3) is 0 Å². The predicted molar refractivity (Wildman–Crippen MR) is 92.1 cm³/mol. The summed E-state index contributed by atoms with van der Waals surface area (Å²) in [5, 5.41) is 8.22. The van der Waals surface area contributed by atoms with Crippen LogP contribution in [0.5, 0.6) is 0 Å². The molecule has 0 aromatic heterocycles. The molecule has 0 aromatic carbocycles. The number of carbonyl (C=O) groups is 4. The smallest absolute Gasteiger partial charge is 0.226 e. The molecule has 0 saturated heterocycles. The van der Waals surface area contributed by atoms with Crippen molar-refractivity contribution in [2.24, 2.45) is 5.41 Å². The topological polar surface area (TPSA) is 104 Å². The SMILES string of the molecule is C=O.CCCC(C)(C)C(=O)NCC(C)=O.CCNCCNC=O. The molecule has 7 nitrogen and oxygen atoms in total. The van der Waals surface area contributed by atoms with E-state index in [1.165, 1.54) is 6.92 Å². The van der Waals surface area contributed by atoms with E-state index < -0.39 is 0 Å². The van der Waals surface area contributed by atoms with Gasteiger partial charge in [-0.2, -0.15) is 0 Å². The van der Waals surface area contributed by atoms with Gasteiger partial charge in [0, 0.05) is 18.5 Å². The Morgan fingerprint density at radius 2 is 1.70 bits per heavy atom. The molecule has 0 fully saturated rings. The fourth-order valence-corrected chi connectivity index (χ4v) is 1.58. The highest BCUT2D eigenvalue weighted by molar-refractivity contribution is 5.87. The second kappa shape index (κ2) is 18.3. The Morgan fingerprint density at radius 1 is 1.13 bits per heavy atom. The van der Waals surface area contributed by atoms with Crippen molar-refractivity contribution in [3.05, 3.63) is 0 Å². The van der Waals surface area contributed by atoms with E-state index in [-0.39, 0.29) is 23.7 Å². The van der Waals surface area contributed by atoms with Crippen LogP contribution in [0.4, 0.5) is 0 Å². The number of likely N-dealkylation sites (N-methyl/N-ethyl adjacent to an activating group) is 1. The van der Waals surface area contributed by atoms with E-state index in [2.05, 4.69) is 16.0 Å². The molecule has 0 atom stereocenters. The van der Waals surface area contributed by atoms with Crippen molar-refractivity contribution in [3.8, 4) is 0 Å². The largest absolute Gasteiger partial charge is 0.357 e. The molecule has 0 aliphatic rings. The minimum Gasteiger partial charge on any atom is -0.357 e. The lowest BCUT2D eigenvalue weighted by Crippen LogP contribution is -2.39. The third-order valence-electron chi connectivity index (χ3n) is 2.77. The summed E-state index contributed by atoms with van der Waals surface area (Å²) in [6, 6.07) is 0. The summed E-state index contributed by atoms with van der Waals surface area (Å²) in [5.41, 5.74) is -0.357. The highest BCUT2D eigenvalue weighted by Gasteiger charge is 2.25. The Balaban J connectivity index is -0.000000343. The maximum atomic E-state index is 11.5. The predicted octanol–water partition coefficient (Wildman–Crippen LogP) is 0.675. The van der Waals surface area contributed by atoms with Gasteiger partial charge in [0.1, 0.15) is 12.6 Å². The molecule has 7 heteroatoms. The van der Waals surface area contributed by atoms with Gasteiger partial charge >= 0.3 is 0 Å². The zero-order valence-corrected chi connectivity index (χ0v) is 15.2. The monoisotopic (exact) mass is 331 g/mol. The Labute approximate surface area is 140 Å². The summed E-state index contributed by atoms with van der Waals surface area (Å²) in [6.07, 6.45) is 2.52. The molecule has 0 aromatic rings. The summed E-state index contributed by atoms with van der Waals surface area (Å²) in [4.78, 5) is 39.7. The second-order valence-electron chi connectivity index (χ2n) is 5.44. The molecular weight excluding hydrogens is 298 g/mol. The summed E-state index contributed by atoms with van der Waals surface area (Å²) in [7, 11) is 0. The zero-order valence-electron chi connectivity index (χ0n) is 15.2. The number of amides is 2. The summed E-state index contributed by atoms with van der Waals surface area (Å²) >= 11 is 0. The van der Waals surface area contributed by atoms with Crippen molar-refractivity contribution in [2.75, 3.05) is 26.2 Å². The molecule has 0 rings (SSSR count). The molecule has 0 spiro atoms.